The van der Waals surface area contributed by atoms with Crippen LogP contribution >= 0.6 is 23.8 Å². The topological polar surface area (TPSA) is 28.5 Å². The Bertz CT molecular complexity index is 716. The Balaban J connectivity index is 2.03. The first-order chi connectivity index (χ1) is 11.4. The Morgan fingerprint density at radius 2 is 1.83 bits per heavy atom. The highest BCUT2D eigenvalue weighted by molar-refractivity contribution is 7.80. The summed E-state index contributed by atoms with van der Waals surface area (Å²) in [5, 5.41) is 8.03. The van der Waals surface area contributed by atoms with Crippen molar-refractivity contribution in [1.82, 2.24) is 5.32 Å². The number of hydrogen-bond donors (Lipinski definition) is 3. The maximum Gasteiger partial charge on any atom is 0.171 e. The number of likely N-dealkylation sites (N-methyl/N-ethyl adjacent to an activating group) is 1. The lowest BCUT2D eigenvalue weighted by Gasteiger charge is -2.24. The molecule has 0 aliphatic carbocycles. The van der Waals surface area contributed by atoms with Gasteiger partial charge in [-0.25, -0.2) is 0 Å². The van der Waals surface area contributed by atoms with Gasteiger partial charge in [0.15, 0.2) is 5.11 Å². The Morgan fingerprint density at radius 3 is 2.50 bits per heavy atom. The summed E-state index contributed by atoms with van der Waals surface area (Å²) in [7, 11) is 4.24. The van der Waals surface area contributed by atoms with E-state index in [1.54, 1.807) is 0 Å². The Labute approximate surface area is 155 Å². The molecular formula is C19H25ClN3S+. The Kier molecular flexibility index (Phi) is 6.60. The van der Waals surface area contributed by atoms with Gasteiger partial charge in [-0.05, 0) is 49.3 Å². The smallest absolute Gasteiger partial charge is 0.171 e. The first kappa shape index (κ1) is 18.7. The van der Waals surface area contributed by atoms with E-state index in [1.165, 1.54) is 16.0 Å². The molecule has 0 bridgehead atoms. The third kappa shape index (κ3) is 4.69. The number of quaternary nitrogens is 1. The predicted molar refractivity (Wildman–Crippen MR) is 107 cm³/mol. The van der Waals surface area contributed by atoms with Crippen molar-refractivity contribution >= 4 is 34.6 Å². The van der Waals surface area contributed by atoms with Crippen LogP contribution in [0.3, 0.4) is 0 Å². The van der Waals surface area contributed by atoms with Crippen LogP contribution in [0, 0.1) is 13.8 Å². The summed E-state index contributed by atoms with van der Waals surface area (Å²) in [6.45, 7) is 4.90. The van der Waals surface area contributed by atoms with Gasteiger partial charge in [-0.3, -0.25) is 0 Å². The highest BCUT2D eigenvalue weighted by Crippen LogP contribution is 2.20. The van der Waals surface area contributed by atoms with E-state index in [0.29, 0.717) is 11.7 Å². The van der Waals surface area contributed by atoms with E-state index >= 15 is 0 Å². The van der Waals surface area contributed by atoms with Crippen molar-refractivity contribution in [2.45, 2.75) is 19.9 Å². The average Bonchev–Trinajstić information content (AvgIpc) is 2.53. The minimum absolute atomic E-state index is 0.219. The molecular weight excluding hydrogens is 338 g/mol. The van der Waals surface area contributed by atoms with Crippen LogP contribution in [0.1, 0.15) is 22.7 Å². The summed E-state index contributed by atoms with van der Waals surface area (Å²) in [5.41, 5.74) is 4.62. The molecule has 0 saturated carbocycles. The van der Waals surface area contributed by atoms with Crippen molar-refractivity contribution in [3.05, 3.63) is 64.2 Å². The number of rotatable bonds is 5. The van der Waals surface area contributed by atoms with E-state index in [1.807, 2.05) is 30.3 Å². The van der Waals surface area contributed by atoms with Crippen molar-refractivity contribution in [2.75, 3.05) is 26.0 Å². The van der Waals surface area contributed by atoms with Gasteiger partial charge < -0.3 is 15.5 Å². The molecule has 3 nitrogen and oxygen atoms in total. The molecule has 0 spiro atoms. The van der Waals surface area contributed by atoms with E-state index in [0.717, 1.165) is 16.3 Å². The second-order valence-electron chi connectivity index (χ2n) is 6.23. The van der Waals surface area contributed by atoms with E-state index < -0.39 is 0 Å². The molecule has 0 amide bonds. The van der Waals surface area contributed by atoms with Gasteiger partial charge in [0.2, 0.25) is 0 Å². The number of thiocarbonyl (C=S) groups is 1. The molecule has 0 fully saturated rings. The van der Waals surface area contributed by atoms with Crippen LogP contribution in [-0.4, -0.2) is 25.8 Å². The molecule has 0 radical (unpaired) electrons. The van der Waals surface area contributed by atoms with Crippen LogP contribution in [0.5, 0.6) is 0 Å². The molecule has 24 heavy (non-hydrogen) atoms. The molecule has 2 rings (SSSR count). The molecule has 0 heterocycles. The highest BCUT2D eigenvalue weighted by Gasteiger charge is 2.20. The normalized spacial score (nSPS) is 12.1. The number of anilines is 1. The van der Waals surface area contributed by atoms with Crippen LogP contribution in [-0.2, 0) is 0 Å². The Morgan fingerprint density at radius 1 is 1.12 bits per heavy atom. The van der Waals surface area contributed by atoms with Crippen molar-refractivity contribution in [3.8, 4) is 0 Å². The molecule has 0 aliphatic rings. The zero-order valence-corrected chi connectivity index (χ0v) is 16.2. The number of aryl methyl sites for hydroxylation is 1. The van der Waals surface area contributed by atoms with E-state index in [4.69, 9.17) is 23.8 Å². The van der Waals surface area contributed by atoms with Gasteiger partial charge in [0.1, 0.15) is 6.04 Å². The molecule has 2 aromatic rings. The van der Waals surface area contributed by atoms with Crippen LogP contribution in [0.15, 0.2) is 42.5 Å². The fourth-order valence-corrected chi connectivity index (χ4v) is 3.09. The minimum Gasteiger partial charge on any atom is -0.356 e. The summed E-state index contributed by atoms with van der Waals surface area (Å²) in [6.07, 6.45) is 0. The summed E-state index contributed by atoms with van der Waals surface area (Å²) in [4.78, 5) is 1.30. The van der Waals surface area contributed by atoms with Crippen molar-refractivity contribution in [2.24, 2.45) is 0 Å². The quantitative estimate of drug-likeness (QED) is 0.714. The number of halogens is 1. The molecule has 0 unspecified atom stereocenters. The maximum absolute atomic E-state index is 6.36. The fourth-order valence-electron chi connectivity index (χ4n) is 2.63. The lowest BCUT2D eigenvalue weighted by atomic mass is 10.1. The molecule has 1 atom stereocenters. The molecule has 5 heteroatoms. The fraction of sp³-hybridized carbons (Fsp3) is 0.316. The van der Waals surface area contributed by atoms with Crippen LogP contribution in [0.25, 0.3) is 0 Å². The highest BCUT2D eigenvalue weighted by atomic mass is 35.5. The summed E-state index contributed by atoms with van der Waals surface area (Å²) >= 11 is 11.8. The predicted octanol–water partition coefficient (Wildman–Crippen LogP) is 3.13. The van der Waals surface area contributed by atoms with Crippen molar-refractivity contribution < 1.29 is 4.90 Å². The molecule has 0 aliphatic heterocycles. The third-order valence-corrected chi connectivity index (χ3v) is 4.89. The maximum atomic E-state index is 6.36. The average molecular weight is 363 g/mol. The second-order valence-corrected chi connectivity index (χ2v) is 7.05. The number of nitrogens with one attached hydrogen (secondary N) is 3. The first-order valence-corrected chi connectivity index (χ1v) is 8.84. The van der Waals surface area contributed by atoms with Gasteiger partial charge in [-0.15, -0.1) is 0 Å². The zero-order chi connectivity index (χ0) is 17.7. The van der Waals surface area contributed by atoms with Gasteiger partial charge in [-0.1, -0.05) is 41.9 Å². The Hall–Kier alpha value is -1.62. The first-order valence-electron chi connectivity index (χ1n) is 8.05. The number of hydrogen-bond acceptors (Lipinski definition) is 1. The van der Waals surface area contributed by atoms with Crippen molar-refractivity contribution in [3.63, 3.8) is 0 Å². The summed E-state index contributed by atoms with van der Waals surface area (Å²) < 4.78 is 0. The summed E-state index contributed by atoms with van der Waals surface area (Å²) in [5.74, 6) is 0. The van der Waals surface area contributed by atoms with Crippen molar-refractivity contribution in [1.29, 1.82) is 0 Å². The van der Waals surface area contributed by atoms with E-state index in [-0.39, 0.29) is 6.04 Å². The van der Waals surface area contributed by atoms with Crippen LogP contribution in [0.2, 0.25) is 5.02 Å². The van der Waals surface area contributed by atoms with Gasteiger partial charge in [0.25, 0.3) is 0 Å². The SMILES string of the molecule is Cc1cccc(NC(=S)NC[C@@H](c2ccccc2Cl)[NH+](C)C)c1C. The minimum atomic E-state index is 0.219. The molecule has 128 valence electrons. The molecule has 3 N–H and O–H groups in total. The molecule has 2 aromatic carbocycles. The van der Waals surface area contributed by atoms with E-state index in [2.05, 4.69) is 50.7 Å². The van der Waals surface area contributed by atoms with Gasteiger partial charge in [-0.2, -0.15) is 0 Å². The van der Waals surface area contributed by atoms with Gasteiger partial charge in [0, 0.05) is 16.3 Å². The molecule has 0 aromatic heterocycles. The second kappa shape index (κ2) is 8.47. The van der Waals surface area contributed by atoms with E-state index in [9.17, 15) is 0 Å². The molecule has 0 saturated heterocycles. The monoisotopic (exact) mass is 362 g/mol. The van der Waals surface area contributed by atoms with Gasteiger partial charge in [0.05, 0.1) is 20.6 Å². The zero-order valence-electron chi connectivity index (χ0n) is 14.6. The number of benzene rings is 2. The lowest BCUT2D eigenvalue weighted by Crippen LogP contribution is -3.07. The standard InChI is InChI=1S/C19H24ClN3S/c1-13-8-7-11-17(14(13)2)22-19(24)21-12-18(23(3)4)15-9-5-6-10-16(15)20/h5-11,18H,12H2,1-4H3,(H2,21,22,24)/p+1/t18-/m0/s1. The van der Waals surface area contributed by atoms with Gasteiger partial charge >= 0.3 is 0 Å². The summed E-state index contributed by atoms with van der Waals surface area (Å²) in [6, 6.07) is 14.4. The van der Waals surface area contributed by atoms with Crippen LogP contribution < -0.4 is 15.5 Å². The lowest BCUT2D eigenvalue weighted by molar-refractivity contribution is -0.890. The third-order valence-electron chi connectivity index (χ3n) is 4.30. The largest absolute Gasteiger partial charge is 0.356 e. The van der Waals surface area contributed by atoms with Crippen LogP contribution in [0.4, 0.5) is 5.69 Å².